The van der Waals surface area contributed by atoms with Gasteiger partial charge in [-0.2, -0.15) is 0 Å². The first-order chi connectivity index (χ1) is 15.2. The molecular weight excluding hydrogens is 384 g/mol. The summed E-state index contributed by atoms with van der Waals surface area (Å²) in [5.41, 5.74) is 3.60. The molecule has 31 heavy (non-hydrogen) atoms. The molecule has 0 bridgehead atoms. The van der Waals surface area contributed by atoms with E-state index in [-0.39, 0.29) is 5.54 Å². The first-order valence-corrected chi connectivity index (χ1v) is 11.0. The highest BCUT2D eigenvalue weighted by molar-refractivity contribution is 6.07. The molecule has 5 rings (SSSR count). The van der Waals surface area contributed by atoms with Crippen LogP contribution in [0.15, 0.2) is 95.3 Å². The molecule has 4 heteroatoms. The molecule has 1 fully saturated rings. The third-order valence-corrected chi connectivity index (χ3v) is 6.70. The summed E-state index contributed by atoms with van der Waals surface area (Å²) >= 11 is 0. The molecule has 0 saturated carbocycles. The minimum absolute atomic E-state index is 0.172. The quantitative estimate of drug-likeness (QED) is 0.655. The minimum Gasteiger partial charge on any atom is -0.497 e. The lowest BCUT2D eigenvalue weighted by atomic mass is 9.73. The number of hydrogen-bond donors (Lipinski definition) is 0. The molecule has 2 aromatic rings. The van der Waals surface area contributed by atoms with Crippen molar-refractivity contribution in [2.24, 2.45) is 10.9 Å². The maximum Gasteiger partial charge on any atom is 0.129 e. The molecular formula is C27H28N2O2. The summed E-state index contributed by atoms with van der Waals surface area (Å²) in [4.78, 5) is 7.48. The lowest BCUT2D eigenvalue weighted by Crippen LogP contribution is -2.55. The lowest BCUT2D eigenvalue weighted by molar-refractivity contribution is 0.225. The Hall–Kier alpha value is -3.11. The molecule has 0 aromatic heterocycles. The summed E-state index contributed by atoms with van der Waals surface area (Å²) in [6.07, 6.45) is 10.8. The van der Waals surface area contributed by atoms with Crippen molar-refractivity contribution in [1.29, 1.82) is 0 Å². The van der Waals surface area contributed by atoms with Crippen molar-refractivity contribution in [1.82, 2.24) is 4.90 Å². The van der Waals surface area contributed by atoms with Crippen LogP contribution in [-0.4, -0.2) is 36.3 Å². The van der Waals surface area contributed by atoms with Crippen LogP contribution in [0, 0.1) is 5.92 Å². The maximum atomic E-state index is 6.11. The van der Waals surface area contributed by atoms with Crippen molar-refractivity contribution in [2.75, 3.05) is 20.2 Å². The van der Waals surface area contributed by atoms with Crippen molar-refractivity contribution < 1.29 is 9.47 Å². The summed E-state index contributed by atoms with van der Waals surface area (Å²) in [5.74, 6) is 3.04. The van der Waals surface area contributed by atoms with E-state index in [0.29, 0.717) is 5.92 Å². The van der Waals surface area contributed by atoms with Gasteiger partial charge < -0.3 is 9.47 Å². The summed E-state index contributed by atoms with van der Waals surface area (Å²) in [6, 6.07) is 18.3. The molecule has 0 N–H and O–H groups in total. The van der Waals surface area contributed by atoms with Crippen LogP contribution in [0.1, 0.15) is 18.9 Å². The average Bonchev–Trinajstić information content (AvgIpc) is 3.18. The zero-order valence-electron chi connectivity index (χ0n) is 18.1. The third-order valence-electron chi connectivity index (χ3n) is 6.70. The molecule has 2 unspecified atom stereocenters. The Morgan fingerprint density at radius 1 is 1.06 bits per heavy atom. The largest absolute Gasteiger partial charge is 0.497 e. The maximum absolute atomic E-state index is 6.11. The van der Waals surface area contributed by atoms with Crippen molar-refractivity contribution in [3.05, 3.63) is 95.9 Å². The van der Waals surface area contributed by atoms with Crippen molar-refractivity contribution in [3.63, 3.8) is 0 Å². The van der Waals surface area contributed by atoms with Crippen LogP contribution in [0.5, 0.6) is 11.5 Å². The first kappa shape index (κ1) is 19.8. The molecule has 2 atom stereocenters. The van der Waals surface area contributed by atoms with Crippen LogP contribution in [0.25, 0.3) is 0 Å². The number of likely N-dealkylation sites (tertiary alicyclic amines) is 1. The Morgan fingerprint density at radius 2 is 1.87 bits per heavy atom. The van der Waals surface area contributed by atoms with Crippen LogP contribution < -0.4 is 9.47 Å². The highest BCUT2D eigenvalue weighted by Gasteiger charge is 2.52. The monoisotopic (exact) mass is 412 g/mol. The Morgan fingerprint density at radius 3 is 2.65 bits per heavy atom. The minimum atomic E-state index is -0.172. The van der Waals surface area contributed by atoms with Crippen molar-refractivity contribution >= 4 is 5.71 Å². The fraction of sp³-hybridized carbons (Fsp3) is 0.296. The van der Waals surface area contributed by atoms with Gasteiger partial charge in [-0.05, 0) is 61.2 Å². The Labute approximate surface area is 184 Å². The Kier molecular flexibility index (Phi) is 5.24. The molecule has 158 valence electrons. The van der Waals surface area contributed by atoms with E-state index in [4.69, 9.17) is 14.5 Å². The predicted molar refractivity (Wildman–Crippen MR) is 125 cm³/mol. The van der Waals surface area contributed by atoms with Gasteiger partial charge in [-0.3, -0.25) is 9.89 Å². The summed E-state index contributed by atoms with van der Waals surface area (Å²) in [5, 5.41) is 0. The number of allylic oxidation sites excluding steroid dienone is 1. The van der Waals surface area contributed by atoms with Crippen LogP contribution in [-0.2, 0) is 6.42 Å². The Bertz CT molecular complexity index is 1070. The van der Waals surface area contributed by atoms with E-state index in [1.54, 1.807) is 7.11 Å². The predicted octanol–water partition coefficient (Wildman–Crippen LogP) is 5.19. The van der Waals surface area contributed by atoms with Gasteiger partial charge in [0.2, 0.25) is 0 Å². The summed E-state index contributed by atoms with van der Waals surface area (Å²) in [6.45, 7) is 4.27. The molecule has 0 amide bonds. The van der Waals surface area contributed by atoms with E-state index >= 15 is 0 Å². The lowest BCUT2D eigenvalue weighted by Gasteiger charge is -2.44. The number of benzene rings is 2. The van der Waals surface area contributed by atoms with Gasteiger partial charge in [-0.1, -0.05) is 36.4 Å². The number of nitrogens with zero attached hydrogens (tertiary/aromatic N) is 2. The molecule has 4 nitrogen and oxygen atoms in total. The number of aliphatic imine (C=N–C) groups is 1. The van der Waals surface area contributed by atoms with Gasteiger partial charge in [0.1, 0.15) is 17.3 Å². The number of para-hydroxylation sites is 1. The average molecular weight is 413 g/mol. The van der Waals surface area contributed by atoms with E-state index in [9.17, 15) is 0 Å². The van der Waals surface area contributed by atoms with Crippen LogP contribution >= 0.6 is 0 Å². The topological polar surface area (TPSA) is 34.1 Å². The second-order valence-corrected chi connectivity index (χ2v) is 8.43. The number of rotatable bonds is 6. The number of ether oxygens (including phenoxy) is 2. The molecule has 1 saturated heterocycles. The van der Waals surface area contributed by atoms with E-state index in [2.05, 4.69) is 42.2 Å². The zero-order valence-corrected chi connectivity index (χ0v) is 18.1. The smallest absolute Gasteiger partial charge is 0.129 e. The number of methoxy groups -OCH3 is 1. The van der Waals surface area contributed by atoms with Gasteiger partial charge in [0.15, 0.2) is 0 Å². The van der Waals surface area contributed by atoms with Crippen molar-refractivity contribution in [3.8, 4) is 11.5 Å². The second kappa shape index (κ2) is 8.20. The van der Waals surface area contributed by atoms with Gasteiger partial charge in [0, 0.05) is 31.3 Å². The molecule has 2 aliphatic heterocycles. The standard InChI is InChI=1S/C27H28N2O2/c1-20-19-28-26-18-24(31-23-6-4-3-5-7-23)12-15-27(26)25(20)14-17-29(27)16-13-21-8-10-22(30-2)11-9-21/h3-12,15,18-19,25H,13-14,16-17H2,1-2H3. The summed E-state index contributed by atoms with van der Waals surface area (Å²) in [7, 11) is 1.71. The Balaban J connectivity index is 1.38. The van der Waals surface area contributed by atoms with Gasteiger partial charge >= 0.3 is 0 Å². The second-order valence-electron chi connectivity index (χ2n) is 8.43. The normalized spacial score (nSPS) is 24.6. The van der Waals surface area contributed by atoms with Gasteiger partial charge in [0.25, 0.3) is 0 Å². The number of hydrogen-bond acceptors (Lipinski definition) is 4. The van der Waals surface area contributed by atoms with Crippen LogP contribution in [0.2, 0.25) is 0 Å². The zero-order chi connectivity index (χ0) is 21.3. The van der Waals surface area contributed by atoms with Crippen molar-refractivity contribution in [2.45, 2.75) is 25.3 Å². The summed E-state index contributed by atoms with van der Waals surface area (Å²) < 4.78 is 11.4. The van der Waals surface area contributed by atoms with E-state index in [0.717, 1.165) is 48.9 Å². The van der Waals surface area contributed by atoms with E-state index < -0.39 is 0 Å². The van der Waals surface area contributed by atoms with E-state index in [1.807, 2.05) is 48.7 Å². The molecule has 0 radical (unpaired) electrons. The van der Waals surface area contributed by atoms with Gasteiger partial charge in [-0.15, -0.1) is 0 Å². The van der Waals surface area contributed by atoms with E-state index in [1.165, 1.54) is 11.1 Å². The fourth-order valence-corrected chi connectivity index (χ4v) is 5.08. The third kappa shape index (κ3) is 3.61. The molecule has 2 heterocycles. The highest BCUT2D eigenvalue weighted by atomic mass is 16.5. The fourth-order valence-electron chi connectivity index (χ4n) is 5.08. The molecule has 1 spiro atoms. The first-order valence-electron chi connectivity index (χ1n) is 11.0. The molecule has 3 aliphatic rings. The molecule has 2 aromatic carbocycles. The highest BCUT2D eigenvalue weighted by Crippen LogP contribution is 2.46. The van der Waals surface area contributed by atoms with Gasteiger partial charge in [0.05, 0.1) is 18.4 Å². The van der Waals surface area contributed by atoms with Crippen LogP contribution in [0.3, 0.4) is 0 Å². The SMILES string of the molecule is COc1ccc(CCN2CCC3C(C)=CN=C4C=C(Oc5ccccc5)C=CC432)cc1. The van der Waals surface area contributed by atoms with Gasteiger partial charge in [-0.25, -0.2) is 0 Å². The van der Waals surface area contributed by atoms with Crippen LogP contribution in [0.4, 0.5) is 0 Å². The molecule has 1 aliphatic carbocycles.